The van der Waals surface area contributed by atoms with Gasteiger partial charge in [0.15, 0.2) is 0 Å². The Balaban J connectivity index is 2.27. The molecular formula is C17H32N4O3. The third-order valence-corrected chi connectivity index (χ3v) is 4.24. The average molecular weight is 340 g/mol. The molecule has 0 unspecified atom stereocenters. The largest absolute Gasteiger partial charge is 0.370 e. The van der Waals surface area contributed by atoms with E-state index in [1.807, 2.05) is 11.8 Å². The zero-order chi connectivity index (χ0) is 17.8. The molecule has 1 heterocycles. The van der Waals surface area contributed by atoms with E-state index < -0.39 is 0 Å². The van der Waals surface area contributed by atoms with Crippen LogP contribution in [0.25, 0.3) is 0 Å². The van der Waals surface area contributed by atoms with Crippen molar-refractivity contribution in [1.29, 1.82) is 0 Å². The van der Waals surface area contributed by atoms with Gasteiger partial charge in [0.2, 0.25) is 17.7 Å². The molecule has 138 valence electrons. The number of unbranched alkanes of at least 4 members (excludes halogenated alkanes) is 2. The fourth-order valence-corrected chi connectivity index (χ4v) is 2.91. The number of nitrogens with one attached hydrogen (secondary N) is 2. The van der Waals surface area contributed by atoms with Gasteiger partial charge in [0.1, 0.15) is 0 Å². The van der Waals surface area contributed by atoms with Gasteiger partial charge in [0.05, 0.1) is 6.04 Å². The summed E-state index contributed by atoms with van der Waals surface area (Å²) in [6.45, 7) is 4.89. The summed E-state index contributed by atoms with van der Waals surface area (Å²) in [6, 6.07) is -0.334. The number of nitrogens with two attached hydrogens (primary N) is 1. The molecule has 4 N–H and O–H groups in total. The summed E-state index contributed by atoms with van der Waals surface area (Å²) in [6.07, 6.45) is 6.00. The second kappa shape index (κ2) is 11.8. The maximum absolute atomic E-state index is 12.5. The molecule has 1 aliphatic heterocycles. The Hall–Kier alpha value is -1.63. The summed E-state index contributed by atoms with van der Waals surface area (Å²) in [5, 5.41) is 6.05. The number of carbonyl (C=O) groups excluding carboxylic acids is 3. The molecule has 0 aromatic rings. The molecule has 24 heavy (non-hydrogen) atoms. The molecule has 1 saturated heterocycles. The molecular weight excluding hydrogens is 308 g/mol. The topological polar surface area (TPSA) is 105 Å². The lowest BCUT2D eigenvalue weighted by molar-refractivity contribution is -0.132. The first kappa shape index (κ1) is 20.4. The number of amides is 3. The van der Waals surface area contributed by atoms with E-state index in [1.54, 1.807) is 0 Å². The zero-order valence-corrected chi connectivity index (χ0v) is 14.8. The average Bonchev–Trinajstić information content (AvgIpc) is 3.07. The minimum atomic E-state index is -0.377. The van der Waals surface area contributed by atoms with E-state index in [-0.39, 0.29) is 30.2 Å². The summed E-state index contributed by atoms with van der Waals surface area (Å²) < 4.78 is 0. The second-order valence-corrected chi connectivity index (χ2v) is 6.31. The van der Waals surface area contributed by atoms with Crippen molar-refractivity contribution in [2.45, 2.75) is 64.3 Å². The van der Waals surface area contributed by atoms with Crippen LogP contribution in [0.2, 0.25) is 0 Å². The first-order valence-electron chi connectivity index (χ1n) is 9.11. The number of hydrogen-bond acceptors (Lipinski definition) is 4. The van der Waals surface area contributed by atoms with E-state index in [2.05, 4.69) is 10.6 Å². The smallest absolute Gasteiger partial charge is 0.239 e. The maximum Gasteiger partial charge on any atom is 0.239 e. The highest BCUT2D eigenvalue weighted by molar-refractivity contribution is 5.83. The second-order valence-electron chi connectivity index (χ2n) is 6.31. The van der Waals surface area contributed by atoms with E-state index in [0.29, 0.717) is 25.9 Å². The number of likely N-dealkylation sites (tertiary alicyclic amines) is 1. The Morgan fingerprint density at radius 3 is 2.42 bits per heavy atom. The normalized spacial score (nSPS) is 15.3. The van der Waals surface area contributed by atoms with Gasteiger partial charge < -0.3 is 21.3 Å². The van der Waals surface area contributed by atoms with Crippen LogP contribution < -0.4 is 16.4 Å². The van der Waals surface area contributed by atoms with E-state index in [4.69, 9.17) is 5.73 Å². The Labute approximate surface area is 144 Å². The van der Waals surface area contributed by atoms with Crippen molar-refractivity contribution in [3.63, 3.8) is 0 Å². The predicted octanol–water partition coefficient (Wildman–Crippen LogP) is 0.529. The Bertz CT molecular complexity index is 409. The van der Waals surface area contributed by atoms with Crippen molar-refractivity contribution >= 4 is 17.7 Å². The van der Waals surface area contributed by atoms with Crippen LogP contribution in [0, 0.1) is 0 Å². The van der Waals surface area contributed by atoms with E-state index in [9.17, 15) is 14.4 Å². The minimum absolute atomic E-state index is 0.0797. The number of rotatable bonds is 12. The molecule has 0 saturated carbocycles. The molecule has 0 radical (unpaired) electrons. The van der Waals surface area contributed by atoms with Gasteiger partial charge in [0.25, 0.3) is 0 Å². The highest BCUT2D eigenvalue weighted by Crippen LogP contribution is 2.11. The molecule has 7 nitrogen and oxygen atoms in total. The monoisotopic (exact) mass is 340 g/mol. The zero-order valence-electron chi connectivity index (χ0n) is 14.8. The Morgan fingerprint density at radius 2 is 1.79 bits per heavy atom. The lowest BCUT2D eigenvalue weighted by Gasteiger charge is -2.24. The van der Waals surface area contributed by atoms with Crippen LogP contribution in [-0.2, 0) is 14.4 Å². The predicted molar refractivity (Wildman–Crippen MR) is 93.2 cm³/mol. The molecule has 0 bridgehead atoms. The summed E-state index contributed by atoms with van der Waals surface area (Å²) in [7, 11) is 0. The van der Waals surface area contributed by atoms with Gasteiger partial charge in [-0.05, 0) is 45.6 Å². The molecule has 3 amide bonds. The van der Waals surface area contributed by atoms with Crippen LogP contribution in [0.3, 0.4) is 0 Å². The first-order chi connectivity index (χ1) is 11.5. The van der Waals surface area contributed by atoms with Crippen LogP contribution in [0.1, 0.15) is 58.3 Å². The van der Waals surface area contributed by atoms with Gasteiger partial charge in [0, 0.05) is 32.5 Å². The number of hydrogen-bond donors (Lipinski definition) is 3. The summed E-state index contributed by atoms with van der Waals surface area (Å²) in [4.78, 5) is 36.7. The lowest BCUT2D eigenvalue weighted by Crippen LogP contribution is -2.46. The SMILES string of the molecule is CCNC(=O)CCCCCN[C@@H](CCC(N)=O)C(=O)N1CCCC1. The summed E-state index contributed by atoms with van der Waals surface area (Å²) in [5.74, 6) is -0.206. The number of primary amides is 1. The van der Waals surface area contributed by atoms with Crippen LogP contribution in [0.5, 0.6) is 0 Å². The fraction of sp³-hybridized carbons (Fsp3) is 0.824. The van der Waals surface area contributed by atoms with Crippen molar-refractivity contribution < 1.29 is 14.4 Å². The van der Waals surface area contributed by atoms with Crippen LogP contribution >= 0.6 is 0 Å². The van der Waals surface area contributed by atoms with Crippen LogP contribution in [0.15, 0.2) is 0 Å². The van der Waals surface area contributed by atoms with Crippen molar-refractivity contribution in [3.05, 3.63) is 0 Å². The molecule has 1 fully saturated rings. The molecule has 1 aliphatic rings. The molecule has 0 aromatic carbocycles. The molecule has 0 aromatic heterocycles. The maximum atomic E-state index is 12.5. The van der Waals surface area contributed by atoms with Crippen molar-refractivity contribution in [3.8, 4) is 0 Å². The van der Waals surface area contributed by atoms with Gasteiger partial charge in [-0.3, -0.25) is 14.4 Å². The molecule has 1 rings (SSSR count). The van der Waals surface area contributed by atoms with Gasteiger partial charge >= 0.3 is 0 Å². The van der Waals surface area contributed by atoms with Crippen molar-refractivity contribution in [2.75, 3.05) is 26.2 Å². The van der Waals surface area contributed by atoms with Crippen molar-refractivity contribution in [2.24, 2.45) is 5.73 Å². The standard InChI is InChI=1S/C17H32N4O3/c1-2-19-16(23)8-4-3-5-11-20-14(9-10-15(18)22)17(24)21-12-6-7-13-21/h14,20H,2-13H2,1H3,(H2,18,22)(H,19,23)/t14-/m0/s1. The third-order valence-electron chi connectivity index (χ3n) is 4.24. The summed E-state index contributed by atoms with van der Waals surface area (Å²) >= 11 is 0. The van der Waals surface area contributed by atoms with E-state index >= 15 is 0 Å². The minimum Gasteiger partial charge on any atom is -0.370 e. The van der Waals surface area contributed by atoms with Gasteiger partial charge in [-0.1, -0.05) is 6.42 Å². The summed E-state index contributed by atoms with van der Waals surface area (Å²) in [5.41, 5.74) is 5.21. The molecule has 1 atom stereocenters. The Kier molecular flexibility index (Phi) is 10.1. The van der Waals surface area contributed by atoms with Crippen LogP contribution in [0.4, 0.5) is 0 Å². The Morgan fingerprint density at radius 1 is 1.08 bits per heavy atom. The number of carbonyl (C=O) groups is 3. The van der Waals surface area contributed by atoms with E-state index in [1.165, 1.54) is 0 Å². The van der Waals surface area contributed by atoms with Gasteiger partial charge in [-0.2, -0.15) is 0 Å². The highest BCUT2D eigenvalue weighted by Gasteiger charge is 2.26. The third kappa shape index (κ3) is 8.29. The quantitative estimate of drug-likeness (QED) is 0.451. The van der Waals surface area contributed by atoms with Gasteiger partial charge in [-0.25, -0.2) is 0 Å². The van der Waals surface area contributed by atoms with Crippen LogP contribution in [-0.4, -0.2) is 54.8 Å². The van der Waals surface area contributed by atoms with E-state index in [0.717, 1.165) is 45.2 Å². The highest BCUT2D eigenvalue weighted by atomic mass is 16.2. The molecule has 0 spiro atoms. The number of nitrogens with zero attached hydrogens (tertiary/aromatic N) is 1. The molecule has 0 aliphatic carbocycles. The fourth-order valence-electron chi connectivity index (χ4n) is 2.91. The first-order valence-corrected chi connectivity index (χ1v) is 9.11. The van der Waals surface area contributed by atoms with Gasteiger partial charge in [-0.15, -0.1) is 0 Å². The molecule has 7 heteroatoms. The lowest BCUT2D eigenvalue weighted by atomic mass is 10.1. The van der Waals surface area contributed by atoms with Crippen molar-refractivity contribution in [1.82, 2.24) is 15.5 Å².